The highest BCUT2D eigenvalue weighted by atomic mass is 15.6. The molecule has 1 saturated heterocycles. The predicted octanol–water partition coefficient (Wildman–Crippen LogP) is 0.830. The maximum atomic E-state index is 4.51. The van der Waals surface area contributed by atoms with Gasteiger partial charge in [0.05, 0.1) is 0 Å². The summed E-state index contributed by atoms with van der Waals surface area (Å²) < 4.78 is 1.51. The van der Waals surface area contributed by atoms with Crippen molar-refractivity contribution in [3.8, 4) is 0 Å². The van der Waals surface area contributed by atoms with Crippen molar-refractivity contribution in [1.82, 2.24) is 30.2 Å². The number of tetrazole rings is 1. The lowest BCUT2D eigenvalue weighted by atomic mass is 9.93. The van der Waals surface area contributed by atoms with Gasteiger partial charge in [0.2, 0.25) is 0 Å². The van der Waals surface area contributed by atoms with Gasteiger partial charge in [-0.05, 0) is 53.7 Å². The fraction of sp³-hybridized carbons (Fsp3) is 0.733. The number of nitrogens with zero attached hydrogens (tertiary/aromatic N) is 7. The van der Waals surface area contributed by atoms with Gasteiger partial charge in [-0.3, -0.25) is 4.90 Å². The average molecular weight is 299 g/mol. The minimum Gasteiger partial charge on any atom is -0.353 e. The Morgan fingerprint density at radius 1 is 1.00 bits per heavy atom. The second kappa shape index (κ2) is 4.87. The summed E-state index contributed by atoms with van der Waals surface area (Å²) in [5, 5.41) is 15.9. The molecule has 0 aromatic carbocycles. The molecule has 2 aliphatic carbocycles. The van der Waals surface area contributed by atoms with Crippen molar-refractivity contribution in [3.05, 3.63) is 12.1 Å². The van der Waals surface area contributed by atoms with Crippen molar-refractivity contribution >= 4 is 11.5 Å². The number of rotatable bonds is 2. The molecule has 0 unspecified atom stereocenters. The lowest BCUT2D eigenvalue weighted by molar-refractivity contribution is 0.134. The highest BCUT2D eigenvalue weighted by Crippen LogP contribution is 2.46. The van der Waals surface area contributed by atoms with Crippen LogP contribution in [-0.4, -0.2) is 62.4 Å². The van der Waals surface area contributed by atoms with Gasteiger partial charge >= 0.3 is 0 Å². The van der Waals surface area contributed by atoms with Gasteiger partial charge in [-0.15, -0.1) is 14.8 Å². The van der Waals surface area contributed by atoms with E-state index < -0.39 is 0 Å². The number of aromatic nitrogens is 5. The van der Waals surface area contributed by atoms with Crippen LogP contribution in [-0.2, 0) is 0 Å². The van der Waals surface area contributed by atoms with E-state index in [1.54, 1.807) is 0 Å². The van der Waals surface area contributed by atoms with Crippen LogP contribution in [0.15, 0.2) is 12.1 Å². The maximum absolute atomic E-state index is 4.51. The molecule has 0 N–H and O–H groups in total. The Morgan fingerprint density at radius 3 is 2.68 bits per heavy atom. The second-order valence-electron chi connectivity index (χ2n) is 6.98. The van der Waals surface area contributed by atoms with E-state index in [0.717, 1.165) is 49.9 Å². The molecule has 22 heavy (non-hydrogen) atoms. The molecule has 0 radical (unpaired) electrons. The first-order valence-electron chi connectivity index (χ1n) is 8.41. The average Bonchev–Trinajstić information content (AvgIpc) is 3.30. The summed E-state index contributed by atoms with van der Waals surface area (Å²) >= 11 is 0. The van der Waals surface area contributed by atoms with Crippen molar-refractivity contribution in [2.45, 2.75) is 31.7 Å². The van der Waals surface area contributed by atoms with E-state index in [-0.39, 0.29) is 0 Å². The van der Waals surface area contributed by atoms with Crippen LogP contribution in [0.4, 0.5) is 5.82 Å². The molecule has 2 aromatic heterocycles. The van der Waals surface area contributed by atoms with E-state index in [0.29, 0.717) is 5.65 Å². The topological polar surface area (TPSA) is 62.5 Å². The van der Waals surface area contributed by atoms with E-state index in [9.17, 15) is 0 Å². The van der Waals surface area contributed by atoms with Crippen LogP contribution in [0.3, 0.4) is 0 Å². The van der Waals surface area contributed by atoms with Gasteiger partial charge in [-0.2, -0.15) is 0 Å². The van der Waals surface area contributed by atoms with Gasteiger partial charge in [-0.1, -0.05) is 6.42 Å². The van der Waals surface area contributed by atoms with Crippen molar-refractivity contribution in [1.29, 1.82) is 0 Å². The molecule has 3 fully saturated rings. The number of anilines is 1. The molecule has 2 bridgehead atoms. The fourth-order valence-electron chi connectivity index (χ4n) is 4.75. The maximum Gasteiger partial charge on any atom is 0.200 e. The molecule has 2 aromatic rings. The zero-order chi connectivity index (χ0) is 14.5. The normalized spacial score (nSPS) is 32.2. The Morgan fingerprint density at radius 2 is 1.91 bits per heavy atom. The molecule has 3 aliphatic rings. The van der Waals surface area contributed by atoms with E-state index >= 15 is 0 Å². The lowest BCUT2D eigenvalue weighted by Gasteiger charge is -2.41. The van der Waals surface area contributed by atoms with Crippen LogP contribution in [0.1, 0.15) is 25.7 Å². The molecule has 7 nitrogen and oxygen atoms in total. The minimum atomic E-state index is 0.698. The predicted molar refractivity (Wildman–Crippen MR) is 81.6 cm³/mol. The zero-order valence-electron chi connectivity index (χ0n) is 12.7. The summed E-state index contributed by atoms with van der Waals surface area (Å²) in [6, 6.07) is 4.82. The summed E-state index contributed by atoms with van der Waals surface area (Å²) in [4.78, 5) is 5.08. The molecule has 2 saturated carbocycles. The number of hydrogen-bond acceptors (Lipinski definition) is 6. The molecule has 1 aliphatic heterocycles. The Hall–Kier alpha value is -1.76. The van der Waals surface area contributed by atoms with Gasteiger partial charge in [0.15, 0.2) is 11.5 Å². The van der Waals surface area contributed by atoms with Crippen molar-refractivity contribution in [2.24, 2.45) is 11.8 Å². The SMILES string of the molecule is c1cc2nnnn2nc1N1CCN([C@@H]2C[C@H]3CC[C@H]2C3)CC1. The second-order valence-corrected chi connectivity index (χ2v) is 6.98. The van der Waals surface area contributed by atoms with Crippen LogP contribution in [0, 0.1) is 11.8 Å². The third-order valence-electron chi connectivity index (χ3n) is 5.86. The highest BCUT2D eigenvalue weighted by molar-refractivity contribution is 5.44. The highest BCUT2D eigenvalue weighted by Gasteiger charge is 2.42. The summed E-state index contributed by atoms with van der Waals surface area (Å²) in [6.45, 7) is 4.41. The first-order chi connectivity index (χ1) is 10.9. The van der Waals surface area contributed by atoms with E-state index in [4.69, 9.17) is 0 Å². The molecule has 5 rings (SSSR count). The van der Waals surface area contributed by atoms with Crippen molar-refractivity contribution in [2.75, 3.05) is 31.1 Å². The standard InChI is InChI=1S/C15H21N7/c1-2-12-9-11(1)10-13(12)20-5-7-21(8-6-20)15-4-3-14-16-18-19-22(14)17-15/h3-4,11-13H,1-2,5-10H2/t11-,12-,13+/m0/s1. The summed E-state index contributed by atoms with van der Waals surface area (Å²) in [5.41, 5.74) is 0.698. The fourth-order valence-corrected chi connectivity index (χ4v) is 4.75. The Balaban J connectivity index is 1.27. The third-order valence-corrected chi connectivity index (χ3v) is 5.86. The number of fused-ring (bicyclic) bond motifs is 3. The number of piperazine rings is 1. The minimum absolute atomic E-state index is 0.698. The summed E-state index contributed by atoms with van der Waals surface area (Å²) in [6.07, 6.45) is 5.88. The van der Waals surface area contributed by atoms with E-state index in [1.165, 1.54) is 30.3 Å². The first-order valence-corrected chi connectivity index (χ1v) is 8.41. The summed E-state index contributed by atoms with van der Waals surface area (Å²) in [7, 11) is 0. The van der Waals surface area contributed by atoms with E-state index in [1.807, 2.05) is 12.1 Å². The van der Waals surface area contributed by atoms with Crippen LogP contribution >= 0.6 is 0 Å². The monoisotopic (exact) mass is 299 g/mol. The summed E-state index contributed by atoms with van der Waals surface area (Å²) in [5.74, 6) is 2.98. The first kappa shape index (κ1) is 12.8. The third kappa shape index (κ3) is 1.99. The van der Waals surface area contributed by atoms with Gasteiger partial charge in [0.25, 0.3) is 0 Å². The molecule has 7 heteroatoms. The van der Waals surface area contributed by atoms with Gasteiger partial charge in [0.1, 0.15) is 0 Å². The van der Waals surface area contributed by atoms with Gasteiger partial charge < -0.3 is 4.90 Å². The molecule has 116 valence electrons. The van der Waals surface area contributed by atoms with Crippen LogP contribution in [0.2, 0.25) is 0 Å². The zero-order valence-corrected chi connectivity index (χ0v) is 12.7. The smallest absolute Gasteiger partial charge is 0.200 e. The number of hydrogen-bond donors (Lipinski definition) is 0. The van der Waals surface area contributed by atoms with Crippen molar-refractivity contribution < 1.29 is 0 Å². The van der Waals surface area contributed by atoms with E-state index in [2.05, 4.69) is 30.4 Å². The Bertz CT molecular complexity index is 675. The Labute approximate surface area is 129 Å². The molecule has 0 amide bonds. The quantitative estimate of drug-likeness (QED) is 0.818. The van der Waals surface area contributed by atoms with Crippen LogP contribution < -0.4 is 4.90 Å². The van der Waals surface area contributed by atoms with Crippen LogP contribution in [0.25, 0.3) is 5.65 Å². The van der Waals surface area contributed by atoms with Crippen LogP contribution in [0.5, 0.6) is 0 Å². The molecule has 3 atom stereocenters. The molecular weight excluding hydrogens is 278 g/mol. The molecule has 0 spiro atoms. The van der Waals surface area contributed by atoms with Gasteiger partial charge in [-0.25, -0.2) is 0 Å². The largest absolute Gasteiger partial charge is 0.353 e. The molecule has 3 heterocycles. The Kier molecular flexibility index (Phi) is 2.82. The van der Waals surface area contributed by atoms with Gasteiger partial charge in [0, 0.05) is 32.2 Å². The molecular formula is C15H21N7. The lowest BCUT2D eigenvalue weighted by Crippen LogP contribution is -2.52. The van der Waals surface area contributed by atoms with Crippen molar-refractivity contribution in [3.63, 3.8) is 0 Å².